The van der Waals surface area contributed by atoms with Crippen molar-refractivity contribution >= 4 is 5.91 Å². The molecule has 0 aliphatic carbocycles. The molecule has 0 spiro atoms. The zero-order chi connectivity index (χ0) is 12.7. The fourth-order valence-electron chi connectivity index (χ4n) is 2.74. The van der Waals surface area contributed by atoms with Gasteiger partial charge >= 0.3 is 0 Å². The van der Waals surface area contributed by atoms with E-state index in [4.69, 9.17) is 0 Å². The van der Waals surface area contributed by atoms with Gasteiger partial charge in [0.1, 0.15) is 0 Å². The van der Waals surface area contributed by atoms with Crippen molar-refractivity contribution in [1.29, 1.82) is 0 Å². The van der Waals surface area contributed by atoms with Crippen LogP contribution >= 0.6 is 0 Å². The number of likely N-dealkylation sites (tertiary alicyclic amines) is 1. The van der Waals surface area contributed by atoms with E-state index in [0.29, 0.717) is 17.9 Å². The summed E-state index contributed by atoms with van der Waals surface area (Å²) >= 11 is 0. The molecule has 2 unspecified atom stereocenters. The number of rotatable bonds is 6. The third-order valence-corrected chi connectivity index (χ3v) is 3.98. The normalized spacial score (nSPS) is 25.0. The van der Waals surface area contributed by atoms with Gasteiger partial charge in [0.2, 0.25) is 5.91 Å². The van der Waals surface area contributed by atoms with E-state index < -0.39 is 0 Å². The first-order chi connectivity index (χ1) is 8.22. The van der Waals surface area contributed by atoms with Gasteiger partial charge < -0.3 is 10.2 Å². The van der Waals surface area contributed by atoms with Crippen molar-refractivity contribution in [2.24, 2.45) is 5.92 Å². The van der Waals surface area contributed by atoms with E-state index >= 15 is 0 Å². The maximum Gasteiger partial charge on any atom is 0.222 e. The second-order valence-electron chi connectivity index (χ2n) is 5.15. The van der Waals surface area contributed by atoms with Gasteiger partial charge in [-0.25, -0.2) is 0 Å². The summed E-state index contributed by atoms with van der Waals surface area (Å²) in [4.78, 5) is 14.1. The highest BCUT2D eigenvalue weighted by molar-refractivity contribution is 5.76. The number of hydrogen-bond donors (Lipinski definition) is 1. The van der Waals surface area contributed by atoms with Crippen LogP contribution in [0.25, 0.3) is 0 Å². The van der Waals surface area contributed by atoms with E-state index in [-0.39, 0.29) is 0 Å². The predicted molar refractivity (Wildman–Crippen MR) is 72.0 cm³/mol. The molecule has 1 N–H and O–H groups in total. The Hall–Kier alpha value is -0.570. The average Bonchev–Trinajstić information content (AvgIpc) is 2.38. The summed E-state index contributed by atoms with van der Waals surface area (Å²) in [7, 11) is 2.03. The van der Waals surface area contributed by atoms with E-state index in [1.807, 2.05) is 7.05 Å². The van der Waals surface area contributed by atoms with E-state index in [0.717, 1.165) is 38.8 Å². The first-order valence-corrected chi connectivity index (χ1v) is 7.17. The average molecular weight is 240 g/mol. The van der Waals surface area contributed by atoms with Crippen molar-refractivity contribution < 1.29 is 4.79 Å². The lowest BCUT2D eigenvalue weighted by Gasteiger charge is -2.38. The fraction of sp³-hybridized carbons (Fsp3) is 0.929. The van der Waals surface area contributed by atoms with E-state index in [9.17, 15) is 4.79 Å². The predicted octanol–water partition coefficient (Wildman–Crippen LogP) is 2.41. The largest absolute Gasteiger partial charge is 0.342 e. The molecular weight excluding hydrogens is 212 g/mol. The lowest BCUT2D eigenvalue weighted by Crippen LogP contribution is -2.50. The number of carbonyl (C=O) groups is 1. The Kier molecular flexibility index (Phi) is 6.56. The Morgan fingerprint density at radius 1 is 1.35 bits per heavy atom. The molecule has 1 aliphatic rings. The Morgan fingerprint density at radius 3 is 2.71 bits per heavy atom. The highest BCUT2D eigenvalue weighted by Gasteiger charge is 2.28. The monoisotopic (exact) mass is 240 g/mol. The second-order valence-corrected chi connectivity index (χ2v) is 5.15. The van der Waals surface area contributed by atoms with Crippen LogP contribution in [0.5, 0.6) is 0 Å². The Balaban J connectivity index is 2.37. The number of carbonyl (C=O) groups excluding carboxylic acids is 1. The molecule has 100 valence electrons. The minimum Gasteiger partial charge on any atom is -0.342 e. The summed E-state index contributed by atoms with van der Waals surface area (Å²) in [5.41, 5.74) is 0. The molecule has 0 saturated carbocycles. The smallest absolute Gasteiger partial charge is 0.222 e. The third-order valence-electron chi connectivity index (χ3n) is 3.98. The Labute approximate surface area is 106 Å². The van der Waals surface area contributed by atoms with Crippen LogP contribution in [-0.2, 0) is 4.79 Å². The Bertz CT molecular complexity index is 230. The minimum absolute atomic E-state index is 0.367. The molecule has 0 aromatic rings. The maximum atomic E-state index is 12.0. The fourth-order valence-corrected chi connectivity index (χ4v) is 2.74. The van der Waals surface area contributed by atoms with Crippen molar-refractivity contribution in [2.45, 2.75) is 58.4 Å². The number of hydrogen-bond acceptors (Lipinski definition) is 2. The molecule has 0 aromatic carbocycles. The zero-order valence-corrected chi connectivity index (χ0v) is 11.7. The molecule has 17 heavy (non-hydrogen) atoms. The summed E-state index contributed by atoms with van der Waals surface area (Å²) in [6.07, 6.45) is 6.42. The molecule has 1 amide bonds. The molecule has 1 heterocycles. The van der Waals surface area contributed by atoms with Gasteiger partial charge in [-0.1, -0.05) is 33.1 Å². The number of amides is 1. The number of unbranched alkanes of at least 4 members (excludes halogenated alkanes) is 2. The lowest BCUT2D eigenvalue weighted by atomic mass is 9.90. The summed E-state index contributed by atoms with van der Waals surface area (Å²) in [5.74, 6) is 0.996. The molecule has 2 atom stereocenters. The topological polar surface area (TPSA) is 32.3 Å². The van der Waals surface area contributed by atoms with Crippen LogP contribution in [0.1, 0.15) is 52.4 Å². The summed E-state index contributed by atoms with van der Waals surface area (Å²) in [5, 5.41) is 3.38. The van der Waals surface area contributed by atoms with Gasteiger partial charge in [-0.15, -0.1) is 0 Å². The first kappa shape index (κ1) is 14.5. The van der Waals surface area contributed by atoms with E-state index in [2.05, 4.69) is 24.1 Å². The van der Waals surface area contributed by atoms with Crippen LogP contribution in [0.4, 0.5) is 0 Å². The van der Waals surface area contributed by atoms with Gasteiger partial charge in [-0.2, -0.15) is 0 Å². The maximum absolute atomic E-state index is 12.0. The highest BCUT2D eigenvalue weighted by Crippen LogP contribution is 2.21. The molecule has 1 aliphatic heterocycles. The molecule has 0 aromatic heterocycles. The van der Waals surface area contributed by atoms with Crippen LogP contribution < -0.4 is 5.32 Å². The van der Waals surface area contributed by atoms with Crippen molar-refractivity contribution in [1.82, 2.24) is 10.2 Å². The van der Waals surface area contributed by atoms with Gasteiger partial charge in [0, 0.05) is 25.6 Å². The lowest BCUT2D eigenvalue weighted by molar-refractivity contribution is -0.133. The molecule has 3 heteroatoms. The van der Waals surface area contributed by atoms with E-state index in [1.54, 1.807) is 0 Å². The minimum atomic E-state index is 0.367. The molecule has 3 nitrogen and oxygen atoms in total. The second kappa shape index (κ2) is 7.70. The van der Waals surface area contributed by atoms with Crippen molar-refractivity contribution in [2.75, 3.05) is 20.1 Å². The standard InChI is InChI=1S/C14H28N2O/c1-4-6-7-8-14(17)16-10-9-13(15-3)12(5-2)11-16/h12-13,15H,4-11H2,1-3H3. The molecular formula is C14H28N2O. The number of piperidine rings is 1. The molecule has 1 rings (SSSR count). The van der Waals surface area contributed by atoms with Gasteiger partial charge in [-0.05, 0) is 25.8 Å². The summed E-state index contributed by atoms with van der Waals surface area (Å²) < 4.78 is 0. The molecule has 1 saturated heterocycles. The van der Waals surface area contributed by atoms with Gasteiger partial charge in [-0.3, -0.25) is 4.79 Å². The third kappa shape index (κ3) is 4.30. The number of nitrogens with zero attached hydrogens (tertiary/aromatic N) is 1. The van der Waals surface area contributed by atoms with Crippen LogP contribution in [0, 0.1) is 5.92 Å². The van der Waals surface area contributed by atoms with Crippen LogP contribution in [0.15, 0.2) is 0 Å². The van der Waals surface area contributed by atoms with Crippen molar-refractivity contribution in [3.63, 3.8) is 0 Å². The van der Waals surface area contributed by atoms with Crippen LogP contribution in [-0.4, -0.2) is 37.0 Å². The number of nitrogens with one attached hydrogen (secondary N) is 1. The Morgan fingerprint density at radius 2 is 2.12 bits per heavy atom. The van der Waals surface area contributed by atoms with Crippen molar-refractivity contribution in [3.05, 3.63) is 0 Å². The SMILES string of the molecule is CCCCCC(=O)N1CCC(NC)C(CC)C1. The highest BCUT2D eigenvalue weighted by atomic mass is 16.2. The molecule has 1 fully saturated rings. The summed E-state index contributed by atoms with van der Waals surface area (Å²) in [6, 6.07) is 0.597. The van der Waals surface area contributed by atoms with Gasteiger partial charge in [0.25, 0.3) is 0 Å². The van der Waals surface area contributed by atoms with Gasteiger partial charge in [0.05, 0.1) is 0 Å². The molecule has 0 bridgehead atoms. The van der Waals surface area contributed by atoms with E-state index in [1.165, 1.54) is 12.8 Å². The first-order valence-electron chi connectivity index (χ1n) is 7.17. The van der Waals surface area contributed by atoms with Crippen LogP contribution in [0.2, 0.25) is 0 Å². The van der Waals surface area contributed by atoms with Crippen LogP contribution in [0.3, 0.4) is 0 Å². The van der Waals surface area contributed by atoms with Gasteiger partial charge in [0.15, 0.2) is 0 Å². The van der Waals surface area contributed by atoms with Crippen molar-refractivity contribution in [3.8, 4) is 0 Å². The summed E-state index contributed by atoms with van der Waals surface area (Å²) in [6.45, 7) is 6.29. The molecule has 0 radical (unpaired) electrons. The zero-order valence-electron chi connectivity index (χ0n) is 11.7. The quantitative estimate of drug-likeness (QED) is 0.723.